The van der Waals surface area contributed by atoms with E-state index in [9.17, 15) is 5.11 Å². The molecule has 2 fully saturated rings. The van der Waals surface area contributed by atoms with E-state index in [1.807, 2.05) is 6.07 Å². The van der Waals surface area contributed by atoms with Crippen LogP contribution in [0.2, 0.25) is 4.34 Å². The van der Waals surface area contributed by atoms with Gasteiger partial charge >= 0.3 is 0 Å². The third kappa shape index (κ3) is 3.67. The van der Waals surface area contributed by atoms with Crippen molar-refractivity contribution >= 4 is 28.5 Å². The molecular formula is C17H25ClN2OS. The second-order valence-electron chi connectivity index (χ2n) is 6.61. The highest BCUT2D eigenvalue weighted by molar-refractivity contribution is 7.14. The minimum atomic E-state index is -0.688. The molecule has 0 bridgehead atoms. The molecule has 0 spiro atoms. The molecule has 0 radical (unpaired) electrons. The summed E-state index contributed by atoms with van der Waals surface area (Å²) in [4.78, 5) is 4.70. The van der Waals surface area contributed by atoms with E-state index in [0.717, 1.165) is 67.3 Å². The maximum atomic E-state index is 11.2. The van der Waals surface area contributed by atoms with Crippen molar-refractivity contribution in [2.45, 2.75) is 37.7 Å². The van der Waals surface area contributed by atoms with E-state index in [2.05, 4.69) is 28.4 Å². The predicted octanol–water partition coefficient (Wildman–Crippen LogP) is 3.69. The van der Waals surface area contributed by atoms with E-state index in [0.29, 0.717) is 0 Å². The summed E-state index contributed by atoms with van der Waals surface area (Å²) in [5.41, 5.74) is 1.48. The minimum absolute atomic E-state index is 0.688. The van der Waals surface area contributed by atoms with Gasteiger partial charge in [0.15, 0.2) is 0 Å². The number of piperazine rings is 1. The Kier molecular flexibility index (Phi) is 5.13. The van der Waals surface area contributed by atoms with E-state index in [4.69, 9.17) is 11.6 Å². The van der Waals surface area contributed by atoms with Gasteiger partial charge in [0, 0.05) is 38.0 Å². The molecule has 0 aromatic carbocycles. The van der Waals surface area contributed by atoms with Crippen molar-refractivity contribution in [3.8, 4) is 0 Å². The topological polar surface area (TPSA) is 26.7 Å². The molecular weight excluding hydrogens is 316 g/mol. The molecule has 0 atom stereocenters. The Labute approximate surface area is 142 Å². The molecule has 0 amide bonds. The largest absolute Gasteiger partial charge is 0.385 e. The number of halogens is 1. The second-order valence-corrected chi connectivity index (χ2v) is 8.16. The number of rotatable bonds is 3. The standard InChI is InChI=1S/C17H25ClN2OS/c1-19-7-9-20(10-8-19)12-15(14-11-16(18)22-13-14)17(21)5-3-2-4-6-17/h11-13,21H,2-10H2,1H3/b15-12+. The zero-order chi connectivity index (χ0) is 15.6. The molecule has 1 N–H and O–H groups in total. The van der Waals surface area contributed by atoms with Crippen LogP contribution in [0.3, 0.4) is 0 Å². The molecule has 1 saturated carbocycles. The van der Waals surface area contributed by atoms with Gasteiger partial charge < -0.3 is 14.9 Å². The van der Waals surface area contributed by atoms with E-state index in [1.54, 1.807) is 11.3 Å². The zero-order valence-corrected chi connectivity index (χ0v) is 14.8. The highest BCUT2D eigenvalue weighted by atomic mass is 35.5. The van der Waals surface area contributed by atoms with E-state index >= 15 is 0 Å². The molecule has 122 valence electrons. The van der Waals surface area contributed by atoms with E-state index in [-0.39, 0.29) is 0 Å². The summed E-state index contributed by atoms with van der Waals surface area (Å²) < 4.78 is 0.790. The normalized spacial score (nSPS) is 23.8. The van der Waals surface area contributed by atoms with Crippen LogP contribution in [0.5, 0.6) is 0 Å². The average Bonchev–Trinajstić information content (AvgIpc) is 2.93. The average molecular weight is 341 g/mol. The number of aliphatic hydroxyl groups is 1. The number of likely N-dealkylation sites (N-methyl/N-ethyl adjacent to an activating group) is 1. The van der Waals surface area contributed by atoms with Gasteiger partial charge in [-0.25, -0.2) is 0 Å². The van der Waals surface area contributed by atoms with Gasteiger partial charge in [-0.05, 0) is 36.9 Å². The maximum Gasteiger partial charge on any atom is 0.0934 e. The van der Waals surface area contributed by atoms with Gasteiger partial charge in [-0.1, -0.05) is 30.9 Å². The van der Waals surface area contributed by atoms with Crippen LogP contribution in [0.15, 0.2) is 17.6 Å². The number of thiophene rings is 1. The van der Waals surface area contributed by atoms with Gasteiger partial charge in [-0.2, -0.15) is 0 Å². The Morgan fingerprint density at radius 2 is 1.91 bits per heavy atom. The van der Waals surface area contributed by atoms with Crippen LogP contribution < -0.4 is 0 Å². The van der Waals surface area contributed by atoms with Crippen LogP contribution >= 0.6 is 22.9 Å². The smallest absolute Gasteiger partial charge is 0.0934 e. The lowest BCUT2D eigenvalue weighted by Gasteiger charge is -2.37. The van der Waals surface area contributed by atoms with Crippen LogP contribution in [0.25, 0.3) is 5.57 Å². The Morgan fingerprint density at radius 1 is 1.23 bits per heavy atom. The van der Waals surface area contributed by atoms with Crippen molar-refractivity contribution in [3.63, 3.8) is 0 Å². The third-order valence-corrected chi connectivity index (χ3v) is 6.00. The van der Waals surface area contributed by atoms with Gasteiger partial charge in [0.05, 0.1) is 9.94 Å². The third-order valence-electron chi connectivity index (χ3n) is 4.91. The highest BCUT2D eigenvalue weighted by Gasteiger charge is 2.35. The Morgan fingerprint density at radius 3 is 2.50 bits per heavy atom. The maximum absolute atomic E-state index is 11.2. The molecule has 2 aliphatic rings. The van der Waals surface area contributed by atoms with Crippen molar-refractivity contribution in [1.82, 2.24) is 9.80 Å². The van der Waals surface area contributed by atoms with Gasteiger partial charge in [0.25, 0.3) is 0 Å². The van der Waals surface area contributed by atoms with Gasteiger partial charge in [-0.3, -0.25) is 0 Å². The molecule has 1 aromatic rings. The monoisotopic (exact) mass is 340 g/mol. The SMILES string of the molecule is CN1CCN(/C=C(\c2csc(Cl)c2)C2(O)CCCCC2)CC1. The Balaban J connectivity index is 1.88. The molecule has 5 heteroatoms. The fourth-order valence-corrected chi connectivity index (χ4v) is 4.34. The summed E-state index contributed by atoms with van der Waals surface area (Å²) in [7, 11) is 2.16. The first kappa shape index (κ1) is 16.3. The van der Waals surface area contributed by atoms with Crippen molar-refractivity contribution in [2.75, 3.05) is 33.2 Å². The molecule has 1 saturated heterocycles. The predicted molar refractivity (Wildman–Crippen MR) is 94.4 cm³/mol. The Bertz CT molecular complexity index is 529. The van der Waals surface area contributed by atoms with Crippen molar-refractivity contribution in [1.29, 1.82) is 0 Å². The van der Waals surface area contributed by atoms with Gasteiger partial charge in [0.1, 0.15) is 0 Å². The van der Waals surface area contributed by atoms with Crippen molar-refractivity contribution in [2.24, 2.45) is 0 Å². The van der Waals surface area contributed by atoms with Crippen LogP contribution in [-0.2, 0) is 0 Å². The van der Waals surface area contributed by atoms with Gasteiger partial charge in [0.2, 0.25) is 0 Å². The fourth-order valence-electron chi connectivity index (χ4n) is 3.45. The molecule has 1 aliphatic heterocycles. The zero-order valence-electron chi connectivity index (χ0n) is 13.2. The van der Waals surface area contributed by atoms with Crippen molar-refractivity contribution < 1.29 is 5.11 Å². The first-order valence-corrected chi connectivity index (χ1v) is 9.44. The summed E-state index contributed by atoms with van der Waals surface area (Å²) in [5.74, 6) is 0. The molecule has 0 unspecified atom stereocenters. The van der Waals surface area contributed by atoms with Crippen LogP contribution in [0.1, 0.15) is 37.7 Å². The van der Waals surface area contributed by atoms with Crippen LogP contribution in [0, 0.1) is 0 Å². The lowest BCUT2D eigenvalue weighted by Crippen LogP contribution is -2.43. The lowest BCUT2D eigenvalue weighted by molar-refractivity contribution is 0.0599. The summed E-state index contributed by atoms with van der Waals surface area (Å²) >= 11 is 7.68. The Hall–Kier alpha value is -0.550. The summed E-state index contributed by atoms with van der Waals surface area (Å²) in [5, 5.41) is 13.3. The molecule has 3 nitrogen and oxygen atoms in total. The highest BCUT2D eigenvalue weighted by Crippen LogP contribution is 2.41. The molecule has 3 rings (SSSR count). The minimum Gasteiger partial charge on any atom is -0.385 e. The first-order chi connectivity index (χ1) is 10.6. The van der Waals surface area contributed by atoms with E-state index in [1.165, 1.54) is 6.42 Å². The van der Waals surface area contributed by atoms with Gasteiger partial charge in [-0.15, -0.1) is 11.3 Å². The lowest BCUT2D eigenvalue weighted by atomic mass is 9.77. The first-order valence-electron chi connectivity index (χ1n) is 8.18. The van der Waals surface area contributed by atoms with Crippen molar-refractivity contribution in [3.05, 3.63) is 27.5 Å². The molecule has 1 aliphatic carbocycles. The fraction of sp³-hybridized carbons (Fsp3) is 0.647. The molecule has 2 heterocycles. The van der Waals surface area contributed by atoms with Crippen LogP contribution in [-0.4, -0.2) is 53.7 Å². The molecule has 22 heavy (non-hydrogen) atoms. The molecule has 1 aromatic heterocycles. The van der Waals surface area contributed by atoms with E-state index < -0.39 is 5.60 Å². The number of hydrogen-bond donors (Lipinski definition) is 1. The van der Waals surface area contributed by atoms with Crippen LogP contribution in [0.4, 0.5) is 0 Å². The number of nitrogens with zero attached hydrogens (tertiary/aromatic N) is 2. The number of hydrogen-bond acceptors (Lipinski definition) is 4. The second kappa shape index (κ2) is 6.91. The summed E-state index contributed by atoms with van der Waals surface area (Å²) in [6.07, 6.45) is 7.37. The summed E-state index contributed by atoms with van der Waals surface area (Å²) in [6, 6.07) is 2.00. The quantitative estimate of drug-likeness (QED) is 0.909. The summed E-state index contributed by atoms with van der Waals surface area (Å²) in [6.45, 7) is 4.20.